The van der Waals surface area contributed by atoms with Crippen molar-refractivity contribution >= 4 is 17.5 Å². The number of Topliss-reactive ketones (excluding diaryl/α,β-unsaturated/α-hetero) is 1. The molecule has 1 aromatic carbocycles. The standard InChI is InChI=1S/C37H51NO2S/c1-32(2)15-17-37(23-41-25-11-9-8-10-12-25)18-16-36(7)30(26(37)21-32)27(39)19-29-34(5)20-24(22-38)31(40)33(3,4)28(34)13-14-35(29,36)6/h8-12,20,26,28-31,40H,13-19,21,23H2,1-7H3/t26-,28-,29+,30-,31?,34-,35+,36+,37+/m0/s1. The fraction of sp³-hybridized carbons (Fsp3) is 0.730. The van der Waals surface area contributed by atoms with Crippen molar-refractivity contribution in [1.82, 2.24) is 0 Å². The van der Waals surface area contributed by atoms with Crippen molar-refractivity contribution < 1.29 is 9.90 Å². The zero-order valence-electron chi connectivity index (χ0n) is 26.4. The Morgan fingerprint density at radius 2 is 1.61 bits per heavy atom. The minimum atomic E-state index is -0.737. The molecule has 222 valence electrons. The fourth-order valence-electron chi connectivity index (χ4n) is 11.6. The number of hydrogen-bond donors (Lipinski definition) is 1. The molecule has 9 atom stereocenters. The van der Waals surface area contributed by atoms with Gasteiger partial charge in [-0.25, -0.2) is 0 Å². The molecule has 0 aromatic heterocycles. The largest absolute Gasteiger partial charge is 0.387 e. The number of allylic oxidation sites excluding steroid dienone is 1. The highest BCUT2D eigenvalue weighted by Crippen LogP contribution is 2.76. The lowest BCUT2D eigenvalue weighted by atomic mass is 9.31. The molecule has 4 heteroatoms. The van der Waals surface area contributed by atoms with Crippen LogP contribution in [0.25, 0.3) is 0 Å². The van der Waals surface area contributed by atoms with Gasteiger partial charge in [-0.2, -0.15) is 5.26 Å². The van der Waals surface area contributed by atoms with Crippen LogP contribution in [0.1, 0.15) is 99.8 Å². The van der Waals surface area contributed by atoms with Crippen LogP contribution >= 0.6 is 11.8 Å². The monoisotopic (exact) mass is 573 g/mol. The van der Waals surface area contributed by atoms with Gasteiger partial charge in [-0.15, -0.1) is 11.8 Å². The molecule has 5 aliphatic carbocycles. The Hall–Kier alpha value is -1.57. The lowest BCUT2D eigenvalue weighted by molar-refractivity contribution is -0.225. The number of ketones is 1. The Bertz CT molecular complexity index is 1290. The number of aliphatic hydroxyl groups is 1. The topological polar surface area (TPSA) is 61.1 Å². The van der Waals surface area contributed by atoms with Crippen LogP contribution in [0.3, 0.4) is 0 Å². The summed E-state index contributed by atoms with van der Waals surface area (Å²) in [6.45, 7) is 16.5. The van der Waals surface area contributed by atoms with Gasteiger partial charge in [0, 0.05) is 23.0 Å². The molecule has 0 spiro atoms. The molecule has 0 aliphatic heterocycles. The summed E-state index contributed by atoms with van der Waals surface area (Å²) in [5.74, 6) is 2.58. The van der Waals surface area contributed by atoms with Gasteiger partial charge in [0.15, 0.2) is 0 Å². The van der Waals surface area contributed by atoms with E-state index in [-0.39, 0.29) is 50.2 Å². The van der Waals surface area contributed by atoms with Crippen LogP contribution in [-0.4, -0.2) is 22.7 Å². The van der Waals surface area contributed by atoms with Crippen molar-refractivity contribution in [3.05, 3.63) is 42.0 Å². The number of fused-ring (bicyclic) bond motifs is 7. The quantitative estimate of drug-likeness (QED) is 0.367. The first kappa shape index (κ1) is 29.5. The highest BCUT2D eigenvalue weighted by molar-refractivity contribution is 7.99. The highest BCUT2D eigenvalue weighted by Gasteiger charge is 2.72. The summed E-state index contributed by atoms with van der Waals surface area (Å²) in [5, 5.41) is 21.2. The van der Waals surface area contributed by atoms with Crippen molar-refractivity contribution in [2.45, 2.75) is 111 Å². The van der Waals surface area contributed by atoms with E-state index in [4.69, 9.17) is 0 Å². The minimum absolute atomic E-state index is 0.0204. The average molecular weight is 574 g/mol. The first-order valence-corrected chi connectivity index (χ1v) is 17.1. The SMILES string of the molecule is CC1(C)CC[C@]2(CSc3ccccc3)CC[C@]3(C)[C@H](C(=O)C[C@@H]4[C@@]5(C)C=C(C#N)C(O)C(C)(C)[C@@H]5CC[C@]43C)[C@@H]2C1. The van der Waals surface area contributed by atoms with Crippen LogP contribution in [0.5, 0.6) is 0 Å². The number of hydrogen-bond acceptors (Lipinski definition) is 4. The number of benzene rings is 1. The molecule has 0 amide bonds. The van der Waals surface area contributed by atoms with E-state index in [1.165, 1.54) is 24.2 Å². The van der Waals surface area contributed by atoms with E-state index >= 15 is 0 Å². The zero-order valence-corrected chi connectivity index (χ0v) is 27.2. The predicted molar refractivity (Wildman–Crippen MR) is 167 cm³/mol. The Kier molecular flexibility index (Phi) is 6.81. The Morgan fingerprint density at radius 3 is 2.29 bits per heavy atom. The number of nitrogens with zero attached hydrogens (tertiary/aromatic N) is 1. The van der Waals surface area contributed by atoms with Crippen LogP contribution < -0.4 is 0 Å². The van der Waals surface area contributed by atoms with Gasteiger partial charge < -0.3 is 5.11 Å². The molecular formula is C37H51NO2S. The van der Waals surface area contributed by atoms with Crippen molar-refractivity contribution in [2.24, 2.45) is 56.2 Å². The van der Waals surface area contributed by atoms with E-state index in [1.54, 1.807) is 0 Å². The van der Waals surface area contributed by atoms with Gasteiger partial charge in [-0.1, -0.05) is 72.7 Å². The van der Waals surface area contributed by atoms with E-state index in [1.807, 2.05) is 11.8 Å². The normalized spacial score (nSPS) is 46.2. The molecule has 41 heavy (non-hydrogen) atoms. The maximum absolute atomic E-state index is 14.8. The number of nitriles is 1. The molecule has 0 radical (unpaired) electrons. The van der Waals surface area contributed by atoms with Crippen molar-refractivity contribution in [3.63, 3.8) is 0 Å². The Balaban J connectivity index is 1.41. The molecule has 6 rings (SSSR count). The molecule has 3 nitrogen and oxygen atoms in total. The van der Waals surface area contributed by atoms with Gasteiger partial charge in [-0.3, -0.25) is 4.79 Å². The molecule has 4 saturated carbocycles. The second-order valence-corrected chi connectivity index (χ2v) is 17.9. The van der Waals surface area contributed by atoms with Crippen LogP contribution in [0, 0.1) is 67.5 Å². The van der Waals surface area contributed by atoms with Gasteiger partial charge in [0.05, 0.1) is 17.7 Å². The average Bonchev–Trinajstić information content (AvgIpc) is 2.92. The van der Waals surface area contributed by atoms with E-state index in [0.717, 1.165) is 31.4 Å². The van der Waals surface area contributed by atoms with E-state index in [0.29, 0.717) is 23.7 Å². The van der Waals surface area contributed by atoms with Crippen LogP contribution in [-0.2, 0) is 4.79 Å². The first-order chi connectivity index (χ1) is 19.1. The van der Waals surface area contributed by atoms with Gasteiger partial charge in [0.1, 0.15) is 5.78 Å². The predicted octanol–water partition coefficient (Wildman–Crippen LogP) is 8.87. The maximum atomic E-state index is 14.8. The molecule has 5 aliphatic rings. The third-order valence-corrected chi connectivity index (χ3v) is 15.5. The molecule has 1 unspecified atom stereocenters. The molecule has 1 N–H and O–H groups in total. The lowest BCUT2D eigenvalue weighted by Crippen LogP contribution is -2.69. The molecular weight excluding hydrogens is 522 g/mol. The van der Waals surface area contributed by atoms with Gasteiger partial charge in [-0.05, 0) is 107 Å². The minimum Gasteiger partial charge on any atom is -0.387 e. The smallest absolute Gasteiger partial charge is 0.137 e. The molecule has 0 bridgehead atoms. The van der Waals surface area contributed by atoms with E-state index in [9.17, 15) is 15.2 Å². The summed E-state index contributed by atoms with van der Waals surface area (Å²) in [6, 6.07) is 13.2. The van der Waals surface area contributed by atoms with Gasteiger partial charge in [0.2, 0.25) is 0 Å². The first-order valence-electron chi connectivity index (χ1n) is 16.2. The van der Waals surface area contributed by atoms with Gasteiger partial charge >= 0.3 is 0 Å². The van der Waals surface area contributed by atoms with Crippen LogP contribution in [0.4, 0.5) is 0 Å². The molecule has 4 fully saturated rings. The number of aliphatic hydroxyl groups excluding tert-OH is 1. The summed E-state index contributed by atoms with van der Waals surface area (Å²) in [4.78, 5) is 16.1. The third-order valence-electron chi connectivity index (χ3n) is 14.1. The van der Waals surface area contributed by atoms with Crippen molar-refractivity contribution in [2.75, 3.05) is 5.75 Å². The van der Waals surface area contributed by atoms with E-state index < -0.39 is 6.10 Å². The third kappa shape index (κ3) is 4.11. The molecule has 0 heterocycles. The van der Waals surface area contributed by atoms with Crippen molar-refractivity contribution in [3.8, 4) is 6.07 Å². The second kappa shape index (κ2) is 9.46. The van der Waals surface area contributed by atoms with Gasteiger partial charge in [0.25, 0.3) is 0 Å². The Morgan fingerprint density at radius 1 is 0.927 bits per heavy atom. The molecule has 1 aromatic rings. The number of carbonyl (C=O) groups is 1. The number of rotatable bonds is 3. The lowest BCUT2D eigenvalue weighted by Gasteiger charge is -2.72. The fourth-order valence-corrected chi connectivity index (χ4v) is 12.9. The number of thioether (sulfide) groups is 1. The highest BCUT2D eigenvalue weighted by atomic mass is 32.2. The van der Waals surface area contributed by atoms with Crippen LogP contribution in [0.2, 0.25) is 0 Å². The summed E-state index contributed by atoms with van der Waals surface area (Å²) in [5.41, 5.74) is 0.291. The van der Waals surface area contributed by atoms with E-state index in [2.05, 4.69) is 90.9 Å². The summed E-state index contributed by atoms with van der Waals surface area (Å²) < 4.78 is 0. The maximum Gasteiger partial charge on any atom is 0.137 e. The second-order valence-electron chi connectivity index (χ2n) is 16.9. The Labute approximate surface area is 252 Å². The number of carbonyl (C=O) groups excluding carboxylic acids is 1. The summed E-state index contributed by atoms with van der Waals surface area (Å²) in [7, 11) is 0. The van der Waals surface area contributed by atoms with Crippen molar-refractivity contribution in [1.29, 1.82) is 5.26 Å². The zero-order chi connectivity index (χ0) is 29.6. The summed E-state index contributed by atoms with van der Waals surface area (Å²) >= 11 is 2.01. The van der Waals surface area contributed by atoms with Crippen LogP contribution in [0.15, 0.2) is 46.9 Å². The molecule has 0 saturated heterocycles. The summed E-state index contributed by atoms with van der Waals surface area (Å²) in [6.07, 6.45) is 10.1.